The number of rotatable bonds is 6. The molecule has 5 nitrogen and oxygen atoms in total. The maximum atomic E-state index is 12.2. The summed E-state index contributed by atoms with van der Waals surface area (Å²) in [5, 5.41) is 2.54. The quantitative estimate of drug-likeness (QED) is 0.814. The highest BCUT2D eigenvalue weighted by Gasteiger charge is 2.27. The van der Waals surface area contributed by atoms with Gasteiger partial charge in [-0.1, -0.05) is 12.1 Å². The minimum Gasteiger partial charge on any atom is -0.466 e. The van der Waals surface area contributed by atoms with Gasteiger partial charge in [-0.15, -0.1) is 0 Å². The van der Waals surface area contributed by atoms with Crippen molar-refractivity contribution in [1.82, 2.24) is 4.90 Å². The smallest absolute Gasteiger partial charge is 0.393 e. The molecule has 1 rings (SSSR count). The van der Waals surface area contributed by atoms with Crippen molar-refractivity contribution >= 4 is 17.7 Å². The summed E-state index contributed by atoms with van der Waals surface area (Å²) < 4.78 is 41.5. The van der Waals surface area contributed by atoms with Gasteiger partial charge in [0.15, 0.2) is 0 Å². The number of hydrogen-bond donors (Lipinski definition) is 1. The van der Waals surface area contributed by atoms with Crippen LogP contribution >= 0.6 is 0 Å². The molecule has 0 aromatic heterocycles. The number of ether oxygens (including phenoxy) is 1. The summed E-state index contributed by atoms with van der Waals surface area (Å²) in [5.74, 6) is -0.399. The van der Waals surface area contributed by atoms with Crippen LogP contribution in [0.25, 0.3) is 0 Å². The molecule has 1 aromatic rings. The van der Waals surface area contributed by atoms with Crippen LogP contribution in [0.2, 0.25) is 0 Å². The summed E-state index contributed by atoms with van der Waals surface area (Å²) in [4.78, 5) is 24.4. The zero-order valence-electron chi connectivity index (χ0n) is 12.9. The highest BCUT2D eigenvalue weighted by molar-refractivity contribution is 5.89. The van der Waals surface area contributed by atoms with E-state index in [4.69, 9.17) is 4.74 Å². The van der Waals surface area contributed by atoms with Crippen LogP contribution in [0.4, 0.5) is 23.7 Å². The third kappa shape index (κ3) is 7.53. The summed E-state index contributed by atoms with van der Waals surface area (Å²) in [6.45, 7) is 2.15. The highest BCUT2D eigenvalue weighted by Crippen LogP contribution is 2.22. The lowest BCUT2D eigenvalue weighted by Gasteiger charge is -2.17. The summed E-state index contributed by atoms with van der Waals surface area (Å²) in [5.41, 5.74) is 0.495. The Kier molecular flexibility index (Phi) is 6.87. The maximum absolute atomic E-state index is 12.2. The van der Waals surface area contributed by atoms with Crippen molar-refractivity contribution in [2.24, 2.45) is 0 Å². The fourth-order valence-electron chi connectivity index (χ4n) is 1.75. The summed E-state index contributed by atoms with van der Waals surface area (Å²) in [6.07, 6.45) is -5.21. The van der Waals surface area contributed by atoms with Gasteiger partial charge in [0.2, 0.25) is 0 Å². The summed E-state index contributed by atoms with van der Waals surface area (Å²) >= 11 is 0. The zero-order valence-corrected chi connectivity index (χ0v) is 12.9. The molecule has 0 fully saturated rings. The first-order chi connectivity index (χ1) is 10.7. The lowest BCUT2D eigenvalue weighted by Crippen LogP contribution is -2.33. The van der Waals surface area contributed by atoms with E-state index in [0.29, 0.717) is 5.69 Å². The van der Waals surface area contributed by atoms with Crippen LogP contribution < -0.4 is 5.32 Å². The van der Waals surface area contributed by atoms with Gasteiger partial charge in [-0.2, -0.15) is 13.2 Å². The second-order valence-electron chi connectivity index (χ2n) is 4.90. The van der Waals surface area contributed by atoms with Gasteiger partial charge in [-0.05, 0) is 24.6 Å². The topological polar surface area (TPSA) is 58.6 Å². The Morgan fingerprint density at radius 1 is 1.22 bits per heavy atom. The number of hydrogen-bond acceptors (Lipinski definition) is 3. The fourth-order valence-corrected chi connectivity index (χ4v) is 1.75. The molecule has 128 valence electrons. The third-order valence-corrected chi connectivity index (χ3v) is 2.91. The number of nitrogens with zero attached hydrogens (tertiary/aromatic N) is 1. The molecule has 1 N–H and O–H groups in total. The van der Waals surface area contributed by atoms with Crippen LogP contribution in [0, 0.1) is 0 Å². The Hall–Kier alpha value is -2.25. The molecule has 0 heterocycles. The van der Waals surface area contributed by atoms with Gasteiger partial charge in [0.1, 0.15) is 0 Å². The van der Waals surface area contributed by atoms with Gasteiger partial charge >= 0.3 is 18.2 Å². The van der Waals surface area contributed by atoms with Crippen molar-refractivity contribution in [2.45, 2.75) is 25.9 Å². The average Bonchev–Trinajstić information content (AvgIpc) is 2.45. The number of halogens is 3. The number of amides is 2. The van der Waals surface area contributed by atoms with E-state index in [0.717, 1.165) is 0 Å². The number of esters is 1. The van der Waals surface area contributed by atoms with E-state index in [1.807, 2.05) is 0 Å². The Balaban J connectivity index is 2.48. The van der Waals surface area contributed by atoms with Gasteiger partial charge in [0, 0.05) is 19.3 Å². The number of alkyl halides is 3. The minimum absolute atomic E-state index is 0.0717. The molecule has 1 aromatic carbocycles. The van der Waals surface area contributed by atoms with Gasteiger partial charge in [0.05, 0.1) is 19.4 Å². The summed E-state index contributed by atoms with van der Waals surface area (Å²) in [7, 11) is 1.51. The first-order valence-electron chi connectivity index (χ1n) is 7.04. The molecule has 0 aliphatic heterocycles. The number of carbonyl (C=O) groups is 2. The molecule has 0 spiro atoms. The Morgan fingerprint density at radius 2 is 1.83 bits per heavy atom. The number of urea groups is 1. The summed E-state index contributed by atoms with van der Waals surface area (Å²) in [6, 6.07) is 4.96. The second-order valence-corrected chi connectivity index (χ2v) is 4.90. The maximum Gasteiger partial charge on any atom is 0.393 e. The molecule has 0 radical (unpaired) electrons. The van der Waals surface area contributed by atoms with E-state index in [-0.39, 0.29) is 25.1 Å². The largest absolute Gasteiger partial charge is 0.466 e. The first kappa shape index (κ1) is 18.8. The molecule has 23 heavy (non-hydrogen) atoms. The van der Waals surface area contributed by atoms with E-state index in [2.05, 4.69) is 5.32 Å². The van der Waals surface area contributed by atoms with E-state index in [1.54, 1.807) is 6.92 Å². The molecule has 8 heteroatoms. The Morgan fingerprint density at radius 3 is 2.35 bits per heavy atom. The number of benzene rings is 1. The predicted molar refractivity (Wildman–Crippen MR) is 79.1 cm³/mol. The predicted octanol–water partition coefficient (Wildman–Crippen LogP) is 3.21. The lowest BCUT2D eigenvalue weighted by molar-refractivity contribution is -0.143. The van der Waals surface area contributed by atoms with Crippen molar-refractivity contribution in [2.75, 3.05) is 25.5 Å². The van der Waals surface area contributed by atoms with Crippen LogP contribution in [0.3, 0.4) is 0 Å². The van der Waals surface area contributed by atoms with Crippen molar-refractivity contribution in [3.8, 4) is 0 Å². The first-order valence-corrected chi connectivity index (χ1v) is 7.04. The van der Waals surface area contributed by atoms with Gasteiger partial charge in [-0.25, -0.2) is 4.79 Å². The van der Waals surface area contributed by atoms with Gasteiger partial charge in [-0.3, -0.25) is 4.79 Å². The van der Waals surface area contributed by atoms with Crippen LogP contribution in [0.15, 0.2) is 24.3 Å². The van der Waals surface area contributed by atoms with Crippen LogP contribution in [-0.2, 0) is 16.0 Å². The van der Waals surface area contributed by atoms with E-state index in [9.17, 15) is 22.8 Å². The monoisotopic (exact) mass is 332 g/mol. The molecule has 0 saturated carbocycles. The standard InChI is InChI=1S/C15H19F3N2O3/c1-3-23-13(21)8-9-20(2)14(22)19-12-6-4-11(5-7-12)10-15(16,17)18/h4-7H,3,8-10H2,1-2H3,(H,19,22). The van der Waals surface area contributed by atoms with Crippen molar-refractivity contribution < 1.29 is 27.5 Å². The highest BCUT2D eigenvalue weighted by atomic mass is 19.4. The molecular weight excluding hydrogens is 313 g/mol. The fraction of sp³-hybridized carbons (Fsp3) is 0.467. The SMILES string of the molecule is CCOC(=O)CCN(C)C(=O)Nc1ccc(CC(F)(F)F)cc1. The Labute approximate surface area is 132 Å². The van der Waals surface area contributed by atoms with Crippen LogP contribution in [0.1, 0.15) is 18.9 Å². The molecule has 0 atom stereocenters. The van der Waals surface area contributed by atoms with Gasteiger partial charge < -0.3 is 15.0 Å². The zero-order chi connectivity index (χ0) is 17.5. The normalized spacial score (nSPS) is 11.0. The average molecular weight is 332 g/mol. The van der Waals surface area contributed by atoms with Crippen LogP contribution in [-0.4, -0.2) is 43.3 Å². The number of carbonyl (C=O) groups excluding carboxylic acids is 2. The second kappa shape index (κ2) is 8.40. The number of anilines is 1. The van der Waals surface area contributed by atoms with Crippen molar-refractivity contribution in [3.63, 3.8) is 0 Å². The molecule has 0 saturated heterocycles. The number of nitrogens with one attached hydrogen (secondary N) is 1. The van der Waals surface area contributed by atoms with E-state index >= 15 is 0 Å². The third-order valence-electron chi connectivity index (χ3n) is 2.91. The molecule has 0 unspecified atom stereocenters. The molecule has 0 aliphatic carbocycles. The lowest BCUT2D eigenvalue weighted by atomic mass is 10.1. The van der Waals surface area contributed by atoms with E-state index in [1.165, 1.54) is 36.2 Å². The molecule has 2 amide bonds. The van der Waals surface area contributed by atoms with Crippen molar-refractivity contribution in [3.05, 3.63) is 29.8 Å². The van der Waals surface area contributed by atoms with Crippen LogP contribution in [0.5, 0.6) is 0 Å². The molecule has 0 aliphatic rings. The minimum atomic E-state index is -4.27. The molecular formula is C15H19F3N2O3. The van der Waals surface area contributed by atoms with E-state index < -0.39 is 24.6 Å². The van der Waals surface area contributed by atoms with Crippen molar-refractivity contribution in [1.29, 1.82) is 0 Å². The Bertz CT molecular complexity index is 530. The van der Waals surface area contributed by atoms with Gasteiger partial charge in [0.25, 0.3) is 0 Å². The molecule has 0 bridgehead atoms.